The van der Waals surface area contributed by atoms with Gasteiger partial charge in [-0.25, -0.2) is 8.42 Å². The maximum atomic E-state index is 12.5. The summed E-state index contributed by atoms with van der Waals surface area (Å²) in [6, 6.07) is 61.6. The fourth-order valence-corrected chi connectivity index (χ4v) is 9.67. The first kappa shape index (κ1) is 49.4. The second-order valence-electron chi connectivity index (χ2n) is 16.5. The normalized spacial score (nSPS) is 11.9. The van der Waals surface area contributed by atoms with Crippen molar-refractivity contribution in [1.29, 1.82) is 0 Å². The fourth-order valence-electron chi connectivity index (χ4n) is 8.93. The van der Waals surface area contributed by atoms with Crippen LogP contribution in [0.5, 0.6) is 23.0 Å². The minimum Gasteiger partial charge on any atom is -0.747 e. The maximum absolute atomic E-state index is 12.5. The van der Waals surface area contributed by atoms with Crippen LogP contribution in [0.1, 0.15) is 13.3 Å². The molecule has 1 heterocycles. The molecule has 70 heavy (non-hydrogen) atoms. The van der Waals surface area contributed by atoms with Crippen LogP contribution >= 0.6 is 0 Å². The Labute approximate surface area is 432 Å². The van der Waals surface area contributed by atoms with E-state index in [1.807, 2.05) is 97.1 Å². The third-order valence-electron chi connectivity index (χ3n) is 12.5. The van der Waals surface area contributed by atoms with Gasteiger partial charge in [0.1, 0.15) is 33.1 Å². The number of aryl methyl sites for hydroxylation is 1. The van der Waals surface area contributed by atoms with Gasteiger partial charge in [0.05, 0.1) is 33.7 Å². The van der Waals surface area contributed by atoms with Gasteiger partial charge in [0.15, 0.2) is 0 Å². The molecule has 0 spiro atoms. The first-order chi connectivity index (χ1) is 33.6. The SMILES string of the molecule is C/C=C/C(CCn1c2cc(-c3ccc(N(c4ccc(OC)cc4)c4ccc(OC)cc4)cc3)ccc2c2ccc(-c3ccc(N(c4ccc(OC)cc4)c4ccc(OC)cc4)cc3)cc21)S(=O)(=O)[O-].[Na+]. The molecule has 348 valence electrons. The minimum absolute atomic E-state index is 0. The van der Waals surface area contributed by atoms with E-state index < -0.39 is 15.4 Å². The van der Waals surface area contributed by atoms with Gasteiger partial charge in [0, 0.05) is 62.5 Å². The smallest absolute Gasteiger partial charge is 0.747 e. The Morgan fingerprint density at radius 3 is 1.03 bits per heavy atom. The number of methoxy groups -OCH3 is 4. The summed E-state index contributed by atoms with van der Waals surface area (Å²) in [6.45, 7) is 2.03. The molecule has 0 bridgehead atoms. The number of anilines is 6. The molecule has 8 aromatic carbocycles. The molecule has 1 atom stereocenters. The molecule has 0 amide bonds. The number of allylic oxidation sites excluding steroid dienone is 1. The molecule has 0 aliphatic heterocycles. The van der Waals surface area contributed by atoms with E-state index in [0.717, 1.165) is 101 Å². The Bertz CT molecular complexity index is 3050. The summed E-state index contributed by atoms with van der Waals surface area (Å²) >= 11 is 0. The first-order valence-electron chi connectivity index (χ1n) is 22.6. The molecule has 0 radical (unpaired) electrons. The van der Waals surface area contributed by atoms with E-state index in [2.05, 4.69) is 99.3 Å². The van der Waals surface area contributed by atoms with Gasteiger partial charge in [-0.15, -0.1) is 0 Å². The van der Waals surface area contributed by atoms with Crippen LogP contribution in [0.15, 0.2) is 194 Å². The number of nitrogens with zero attached hydrogens (tertiary/aromatic N) is 3. The molecule has 9 aromatic rings. The van der Waals surface area contributed by atoms with Crippen molar-refractivity contribution < 1.29 is 61.5 Å². The van der Waals surface area contributed by atoms with Crippen LogP contribution in [0.4, 0.5) is 34.1 Å². The Balaban J connectivity index is 0.00000659. The van der Waals surface area contributed by atoms with Crippen LogP contribution in [0.25, 0.3) is 44.1 Å². The molecular formula is C58H52N3NaO7S. The van der Waals surface area contributed by atoms with Crippen LogP contribution in [0.3, 0.4) is 0 Å². The number of fused-ring (bicyclic) bond motifs is 3. The Hall–Kier alpha value is -6.99. The van der Waals surface area contributed by atoms with Crippen molar-refractivity contribution in [3.8, 4) is 45.3 Å². The molecule has 0 fully saturated rings. The predicted molar refractivity (Wildman–Crippen MR) is 279 cm³/mol. The summed E-state index contributed by atoms with van der Waals surface area (Å²) in [5.74, 6) is 3.08. The van der Waals surface area contributed by atoms with Crippen molar-refractivity contribution in [3.63, 3.8) is 0 Å². The van der Waals surface area contributed by atoms with Crippen LogP contribution in [0.2, 0.25) is 0 Å². The quantitative estimate of drug-likeness (QED) is 0.0501. The molecule has 10 nitrogen and oxygen atoms in total. The number of rotatable bonds is 17. The zero-order chi connectivity index (χ0) is 48.1. The van der Waals surface area contributed by atoms with Gasteiger partial charge < -0.3 is 37.9 Å². The van der Waals surface area contributed by atoms with Gasteiger partial charge in [-0.1, -0.05) is 60.7 Å². The number of ether oxygens (including phenoxy) is 4. The van der Waals surface area contributed by atoms with Gasteiger partial charge in [-0.3, -0.25) is 0 Å². The molecule has 1 aromatic heterocycles. The first-order valence-corrected chi connectivity index (χ1v) is 24.1. The zero-order valence-corrected chi connectivity index (χ0v) is 42.9. The third kappa shape index (κ3) is 10.4. The van der Waals surface area contributed by atoms with Gasteiger partial charge in [0.2, 0.25) is 0 Å². The van der Waals surface area contributed by atoms with Crippen molar-refractivity contribution in [2.24, 2.45) is 0 Å². The summed E-state index contributed by atoms with van der Waals surface area (Å²) in [6.07, 6.45) is 3.23. The van der Waals surface area contributed by atoms with Gasteiger partial charge in [0.25, 0.3) is 0 Å². The molecule has 12 heteroatoms. The van der Waals surface area contributed by atoms with E-state index in [9.17, 15) is 13.0 Å². The van der Waals surface area contributed by atoms with E-state index in [4.69, 9.17) is 18.9 Å². The standard InChI is InChI=1S/C58H53N3O7S.Na/c1-6-7-54(69(62,63)64)36-37-59-57-38-42(40-8-14-44(15-9-40)60(46-18-26-50(65-2)27-19-46)47-20-28-51(66-3)29-21-47)12-34-55(57)56-35-13-43(39-58(56)59)41-10-16-45(17-11-41)61(48-22-30-52(67-4)31-23-48)49-24-32-53(68-5)33-25-49;/h6-35,38-39,54H,36-37H2,1-5H3,(H,62,63,64);/q;+1/p-1/b7-6+;. The molecular weight excluding hydrogens is 906 g/mol. The van der Waals surface area contributed by atoms with Crippen molar-refractivity contribution in [2.75, 3.05) is 38.2 Å². The minimum atomic E-state index is -4.59. The topological polar surface area (TPSA) is 106 Å². The monoisotopic (exact) mass is 957 g/mol. The summed E-state index contributed by atoms with van der Waals surface area (Å²) < 4.78 is 61.4. The molecule has 0 aliphatic carbocycles. The van der Waals surface area contributed by atoms with E-state index >= 15 is 0 Å². The molecule has 0 N–H and O–H groups in total. The van der Waals surface area contributed by atoms with E-state index in [1.54, 1.807) is 41.4 Å². The molecule has 0 saturated heterocycles. The van der Waals surface area contributed by atoms with Gasteiger partial charge >= 0.3 is 29.6 Å². The Morgan fingerprint density at radius 2 is 0.757 bits per heavy atom. The predicted octanol–water partition coefficient (Wildman–Crippen LogP) is 11.0. The van der Waals surface area contributed by atoms with Gasteiger partial charge in [-0.2, -0.15) is 0 Å². The molecule has 9 rings (SSSR count). The van der Waals surface area contributed by atoms with Crippen LogP contribution in [0, 0.1) is 0 Å². The number of aromatic nitrogens is 1. The number of benzene rings is 8. The second-order valence-corrected chi connectivity index (χ2v) is 18.1. The number of hydrogen-bond donors (Lipinski definition) is 0. The largest absolute Gasteiger partial charge is 1.00 e. The van der Waals surface area contributed by atoms with Crippen molar-refractivity contribution in [3.05, 3.63) is 194 Å². The van der Waals surface area contributed by atoms with Crippen LogP contribution in [-0.4, -0.2) is 51.2 Å². The Kier molecular flexibility index (Phi) is 15.4. The average Bonchev–Trinajstić information content (AvgIpc) is 3.70. The average molecular weight is 958 g/mol. The second kappa shape index (κ2) is 21.8. The van der Waals surface area contributed by atoms with Crippen molar-refractivity contribution in [1.82, 2.24) is 4.57 Å². The Morgan fingerprint density at radius 1 is 0.471 bits per heavy atom. The molecule has 1 unspecified atom stereocenters. The van der Waals surface area contributed by atoms with Crippen LogP contribution in [-0.2, 0) is 16.7 Å². The third-order valence-corrected chi connectivity index (χ3v) is 13.7. The fraction of sp³-hybridized carbons (Fsp3) is 0.138. The van der Waals surface area contributed by atoms with Crippen molar-refractivity contribution in [2.45, 2.75) is 25.1 Å². The van der Waals surface area contributed by atoms with Gasteiger partial charge in [-0.05, 0) is 169 Å². The van der Waals surface area contributed by atoms with Crippen LogP contribution < -0.4 is 58.3 Å². The number of hydrogen-bond acceptors (Lipinski definition) is 9. The summed E-state index contributed by atoms with van der Waals surface area (Å²) in [5.41, 5.74) is 11.7. The van der Waals surface area contributed by atoms with Crippen molar-refractivity contribution >= 4 is 66.0 Å². The van der Waals surface area contributed by atoms with E-state index in [1.165, 1.54) is 6.08 Å². The summed E-state index contributed by atoms with van der Waals surface area (Å²) in [4.78, 5) is 4.36. The summed E-state index contributed by atoms with van der Waals surface area (Å²) in [7, 11) is 2.04. The zero-order valence-electron chi connectivity index (χ0n) is 40.1. The molecule has 0 saturated carbocycles. The summed E-state index contributed by atoms with van der Waals surface area (Å²) in [5, 5.41) is 0.888. The van der Waals surface area contributed by atoms with E-state index in [0.29, 0.717) is 6.54 Å². The van der Waals surface area contributed by atoms with E-state index in [-0.39, 0.29) is 36.0 Å². The molecule has 0 aliphatic rings. The maximum Gasteiger partial charge on any atom is 1.00 e.